The molecule has 0 aliphatic heterocycles. The van der Waals surface area contributed by atoms with Crippen molar-refractivity contribution in [1.82, 2.24) is 4.98 Å². The van der Waals surface area contributed by atoms with Gasteiger partial charge in [0.15, 0.2) is 0 Å². The Morgan fingerprint density at radius 1 is 1.20 bits per heavy atom. The van der Waals surface area contributed by atoms with E-state index in [-0.39, 0.29) is 0 Å². The van der Waals surface area contributed by atoms with Crippen molar-refractivity contribution in [2.75, 3.05) is 0 Å². The SMILES string of the molecule is Cc1cnc(-c2ccccc2C(C)C)o1. The quantitative estimate of drug-likeness (QED) is 0.739. The van der Waals surface area contributed by atoms with E-state index in [1.807, 2.05) is 13.0 Å². The van der Waals surface area contributed by atoms with Crippen molar-refractivity contribution in [2.45, 2.75) is 26.7 Å². The molecule has 78 valence electrons. The third-order valence-electron chi connectivity index (χ3n) is 2.43. The average molecular weight is 201 g/mol. The second-order valence-corrected chi connectivity index (χ2v) is 4.02. The van der Waals surface area contributed by atoms with E-state index in [1.165, 1.54) is 5.56 Å². The van der Waals surface area contributed by atoms with Gasteiger partial charge < -0.3 is 4.42 Å². The second kappa shape index (κ2) is 3.89. The number of hydrogen-bond acceptors (Lipinski definition) is 2. The molecule has 0 atom stereocenters. The fourth-order valence-corrected chi connectivity index (χ4v) is 1.67. The number of nitrogens with zero attached hydrogens (tertiary/aromatic N) is 1. The van der Waals surface area contributed by atoms with Gasteiger partial charge in [-0.2, -0.15) is 0 Å². The molecule has 15 heavy (non-hydrogen) atoms. The molecule has 1 aromatic heterocycles. The molecule has 0 aliphatic carbocycles. The van der Waals surface area contributed by atoms with Gasteiger partial charge in [-0.3, -0.25) is 0 Å². The lowest BCUT2D eigenvalue weighted by Crippen LogP contribution is -1.91. The number of aromatic nitrogens is 1. The summed E-state index contributed by atoms with van der Waals surface area (Å²) in [4.78, 5) is 4.26. The summed E-state index contributed by atoms with van der Waals surface area (Å²) >= 11 is 0. The Hall–Kier alpha value is -1.57. The zero-order chi connectivity index (χ0) is 10.8. The van der Waals surface area contributed by atoms with Crippen LogP contribution in [0.1, 0.15) is 31.1 Å². The van der Waals surface area contributed by atoms with Gasteiger partial charge in [0, 0.05) is 5.56 Å². The van der Waals surface area contributed by atoms with Gasteiger partial charge in [-0.1, -0.05) is 32.0 Å². The molecule has 0 amide bonds. The van der Waals surface area contributed by atoms with Crippen molar-refractivity contribution in [1.29, 1.82) is 0 Å². The predicted molar refractivity (Wildman–Crippen MR) is 60.8 cm³/mol. The molecule has 1 aromatic carbocycles. The third-order valence-corrected chi connectivity index (χ3v) is 2.43. The molecule has 2 rings (SSSR count). The second-order valence-electron chi connectivity index (χ2n) is 4.02. The van der Waals surface area contributed by atoms with Gasteiger partial charge in [0.05, 0.1) is 6.20 Å². The van der Waals surface area contributed by atoms with E-state index >= 15 is 0 Å². The van der Waals surface area contributed by atoms with Crippen LogP contribution in [-0.2, 0) is 0 Å². The summed E-state index contributed by atoms with van der Waals surface area (Å²) in [6.45, 7) is 6.26. The molecule has 2 nitrogen and oxygen atoms in total. The van der Waals surface area contributed by atoms with Crippen molar-refractivity contribution in [2.24, 2.45) is 0 Å². The molecule has 0 bridgehead atoms. The van der Waals surface area contributed by atoms with Crippen LogP contribution in [0.2, 0.25) is 0 Å². The van der Waals surface area contributed by atoms with E-state index in [2.05, 4.69) is 37.0 Å². The van der Waals surface area contributed by atoms with Crippen LogP contribution in [-0.4, -0.2) is 4.98 Å². The Morgan fingerprint density at radius 2 is 1.93 bits per heavy atom. The van der Waals surface area contributed by atoms with E-state index in [9.17, 15) is 0 Å². The van der Waals surface area contributed by atoms with Crippen molar-refractivity contribution >= 4 is 0 Å². The highest BCUT2D eigenvalue weighted by molar-refractivity contribution is 5.59. The van der Waals surface area contributed by atoms with Crippen molar-refractivity contribution in [3.8, 4) is 11.5 Å². The van der Waals surface area contributed by atoms with Gasteiger partial charge in [-0.25, -0.2) is 4.98 Å². The van der Waals surface area contributed by atoms with Crippen LogP contribution in [0.3, 0.4) is 0 Å². The van der Waals surface area contributed by atoms with Crippen LogP contribution in [0.4, 0.5) is 0 Å². The molecule has 2 aromatic rings. The van der Waals surface area contributed by atoms with Crippen LogP contribution >= 0.6 is 0 Å². The Labute approximate surface area is 90.0 Å². The first kappa shape index (κ1) is 9.97. The van der Waals surface area contributed by atoms with E-state index in [0.717, 1.165) is 17.2 Å². The molecule has 1 heterocycles. The van der Waals surface area contributed by atoms with Gasteiger partial charge in [0.1, 0.15) is 5.76 Å². The summed E-state index contributed by atoms with van der Waals surface area (Å²) in [5.74, 6) is 2.05. The zero-order valence-corrected chi connectivity index (χ0v) is 9.32. The third kappa shape index (κ3) is 1.94. The average Bonchev–Trinajstić information content (AvgIpc) is 2.65. The highest BCUT2D eigenvalue weighted by Gasteiger charge is 2.11. The lowest BCUT2D eigenvalue weighted by atomic mass is 9.97. The summed E-state index contributed by atoms with van der Waals surface area (Å²) < 4.78 is 5.55. The highest BCUT2D eigenvalue weighted by Crippen LogP contribution is 2.28. The van der Waals surface area contributed by atoms with Crippen molar-refractivity contribution < 1.29 is 4.42 Å². The standard InChI is InChI=1S/C13H15NO/c1-9(2)11-6-4-5-7-12(11)13-14-8-10(3)15-13/h4-9H,1-3H3. The molecule has 0 radical (unpaired) electrons. The van der Waals surface area contributed by atoms with Gasteiger partial charge in [-0.05, 0) is 24.5 Å². The van der Waals surface area contributed by atoms with E-state index in [1.54, 1.807) is 6.20 Å². The van der Waals surface area contributed by atoms with Crippen LogP contribution in [0, 0.1) is 6.92 Å². The van der Waals surface area contributed by atoms with Gasteiger partial charge in [0.2, 0.25) is 5.89 Å². The first-order chi connectivity index (χ1) is 7.18. The number of benzene rings is 1. The molecule has 0 spiro atoms. The Kier molecular flexibility index (Phi) is 2.58. The molecule has 0 aliphatic rings. The maximum absolute atomic E-state index is 5.55. The van der Waals surface area contributed by atoms with Crippen LogP contribution in [0.25, 0.3) is 11.5 Å². The molecular weight excluding hydrogens is 186 g/mol. The fourth-order valence-electron chi connectivity index (χ4n) is 1.67. The molecule has 0 saturated heterocycles. The topological polar surface area (TPSA) is 26.0 Å². The van der Waals surface area contributed by atoms with Gasteiger partial charge >= 0.3 is 0 Å². The van der Waals surface area contributed by atoms with E-state index in [4.69, 9.17) is 4.42 Å². The Morgan fingerprint density at radius 3 is 2.53 bits per heavy atom. The summed E-state index contributed by atoms with van der Waals surface area (Å²) in [6.07, 6.45) is 1.76. The van der Waals surface area contributed by atoms with Gasteiger partial charge in [0.25, 0.3) is 0 Å². The summed E-state index contributed by atoms with van der Waals surface area (Å²) in [5, 5.41) is 0. The smallest absolute Gasteiger partial charge is 0.226 e. The molecule has 0 fully saturated rings. The minimum absolute atomic E-state index is 0.480. The Bertz CT molecular complexity index is 457. The lowest BCUT2D eigenvalue weighted by molar-refractivity contribution is 0.541. The normalized spacial score (nSPS) is 10.9. The minimum atomic E-state index is 0.480. The van der Waals surface area contributed by atoms with Crippen LogP contribution in [0.15, 0.2) is 34.9 Å². The van der Waals surface area contributed by atoms with Crippen molar-refractivity contribution in [3.05, 3.63) is 41.8 Å². The predicted octanol–water partition coefficient (Wildman–Crippen LogP) is 3.77. The maximum atomic E-state index is 5.55. The number of hydrogen-bond donors (Lipinski definition) is 0. The largest absolute Gasteiger partial charge is 0.441 e. The van der Waals surface area contributed by atoms with E-state index in [0.29, 0.717) is 5.92 Å². The monoisotopic (exact) mass is 201 g/mol. The number of aryl methyl sites for hydroxylation is 1. The first-order valence-corrected chi connectivity index (χ1v) is 5.20. The fraction of sp³-hybridized carbons (Fsp3) is 0.308. The maximum Gasteiger partial charge on any atom is 0.226 e. The molecule has 0 unspecified atom stereocenters. The van der Waals surface area contributed by atoms with Gasteiger partial charge in [-0.15, -0.1) is 0 Å². The summed E-state index contributed by atoms with van der Waals surface area (Å²) in [5.41, 5.74) is 2.37. The van der Waals surface area contributed by atoms with Crippen LogP contribution in [0.5, 0.6) is 0 Å². The number of rotatable bonds is 2. The summed E-state index contributed by atoms with van der Waals surface area (Å²) in [6, 6.07) is 8.25. The summed E-state index contributed by atoms with van der Waals surface area (Å²) in [7, 11) is 0. The molecule has 0 N–H and O–H groups in total. The molecule has 0 saturated carbocycles. The van der Waals surface area contributed by atoms with Crippen LogP contribution < -0.4 is 0 Å². The first-order valence-electron chi connectivity index (χ1n) is 5.20. The van der Waals surface area contributed by atoms with E-state index < -0.39 is 0 Å². The van der Waals surface area contributed by atoms with Crippen molar-refractivity contribution in [3.63, 3.8) is 0 Å². The molecule has 2 heteroatoms. The zero-order valence-electron chi connectivity index (χ0n) is 9.32. The lowest BCUT2D eigenvalue weighted by Gasteiger charge is -2.09. The molecular formula is C13H15NO. The number of oxazole rings is 1. The minimum Gasteiger partial charge on any atom is -0.441 e. The highest BCUT2D eigenvalue weighted by atomic mass is 16.4. The Balaban J connectivity index is 2.52.